The second-order valence-electron chi connectivity index (χ2n) is 1.85. The van der Waals surface area contributed by atoms with Crippen molar-refractivity contribution >= 4 is 10.1 Å². The molecule has 0 aromatic heterocycles. The van der Waals surface area contributed by atoms with Gasteiger partial charge in [-0.15, -0.1) is 0 Å². The third-order valence-corrected chi connectivity index (χ3v) is 2.08. The molecule has 7 heteroatoms. The number of nitrogens with two attached hydrogens (primary N) is 2. The monoisotopic (exact) mass is 192 g/mol. The second kappa shape index (κ2) is 7.48. The van der Waals surface area contributed by atoms with Gasteiger partial charge in [-0.25, -0.2) is 0 Å². The molecule has 0 fully saturated rings. The fraction of sp³-hybridized carbons (Fsp3) is 1.00. The van der Waals surface area contributed by atoms with Crippen molar-refractivity contribution in [3.8, 4) is 0 Å². The van der Waals surface area contributed by atoms with Crippen molar-refractivity contribution in [2.24, 2.45) is 11.6 Å². The second-order valence-corrected chi connectivity index (χ2v) is 3.57. The number of rotatable bonds is 5. The Morgan fingerprint density at radius 3 is 2.27 bits per heavy atom. The van der Waals surface area contributed by atoms with Crippen LogP contribution in [0.5, 0.6) is 0 Å². The molecule has 0 saturated heterocycles. The van der Waals surface area contributed by atoms with Crippen molar-refractivity contribution < 1.29 is 43.7 Å². The van der Waals surface area contributed by atoms with Crippen LogP contribution in [0.25, 0.3) is 0 Å². The molecule has 0 aromatic carbocycles. The summed E-state index contributed by atoms with van der Waals surface area (Å²) in [6.45, 7) is 0.486. The Hall–Kier alpha value is 0.830. The fourth-order valence-electron chi connectivity index (χ4n) is 0.471. The van der Waals surface area contributed by atoms with E-state index in [4.69, 9.17) is 5.73 Å². The van der Waals surface area contributed by atoms with Gasteiger partial charge in [0.15, 0.2) is 0 Å². The Kier molecular flexibility index (Phi) is 9.76. The Bertz CT molecular complexity index is 175. The van der Waals surface area contributed by atoms with Gasteiger partial charge < -0.3 is 7.16 Å². The Morgan fingerprint density at radius 1 is 1.36 bits per heavy atom. The van der Waals surface area contributed by atoms with Crippen molar-refractivity contribution in [3.63, 3.8) is 0 Å². The van der Waals surface area contributed by atoms with Gasteiger partial charge in [-0.05, 0) is 19.4 Å². The van der Waals surface area contributed by atoms with E-state index in [0.717, 1.165) is 0 Å². The van der Waals surface area contributed by atoms with E-state index in [0.29, 0.717) is 19.4 Å². The smallest absolute Gasteiger partial charge is 1.00 e. The molecule has 0 amide bonds. The maximum absolute atomic E-state index is 10.5. The van der Waals surface area contributed by atoms with Crippen LogP contribution in [0.2, 0.25) is 0 Å². The van der Waals surface area contributed by atoms with Gasteiger partial charge in [0.05, 0.1) is 5.75 Å². The average molecular weight is 192 g/mol. The van der Waals surface area contributed by atoms with E-state index >= 15 is 0 Å². The van der Waals surface area contributed by atoms with Crippen LogP contribution in [0.1, 0.15) is 14.3 Å². The SMILES string of the molecule is NCCCCS(=O)(=O)ON.[H-].[Na+]. The summed E-state index contributed by atoms with van der Waals surface area (Å²) in [5.41, 5.74) is 5.13. The van der Waals surface area contributed by atoms with Crippen LogP contribution in [0.3, 0.4) is 0 Å². The van der Waals surface area contributed by atoms with E-state index in [-0.39, 0.29) is 36.7 Å². The van der Waals surface area contributed by atoms with Crippen LogP contribution in [0.15, 0.2) is 0 Å². The molecule has 0 heterocycles. The molecule has 5 nitrogen and oxygen atoms in total. The molecule has 0 aromatic rings. The molecule has 0 aliphatic carbocycles. The third-order valence-electron chi connectivity index (χ3n) is 0.995. The van der Waals surface area contributed by atoms with Crippen LogP contribution in [-0.4, -0.2) is 20.7 Å². The van der Waals surface area contributed by atoms with Gasteiger partial charge >= 0.3 is 29.6 Å². The largest absolute Gasteiger partial charge is 1.00 e. The molecular weight excluding hydrogens is 179 g/mol. The summed E-state index contributed by atoms with van der Waals surface area (Å²) in [5, 5.41) is 0. The quantitative estimate of drug-likeness (QED) is 0.263. The molecule has 0 rings (SSSR count). The number of hydrogen-bond donors (Lipinski definition) is 2. The molecule has 0 radical (unpaired) electrons. The first-order chi connectivity index (χ1) is 4.62. The summed E-state index contributed by atoms with van der Waals surface area (Å²) in [6, 6.07) is 0. The number of hydrogen-bond acceptors (Lipinski definition) is 5. The molecule has 0 saturated carbocycles. The summed E-state index contributed by atoms with van der Waals surface area (Å²) < 4.78 is 24.7. The zero-order valence-electron chi connectivity index (χ0n) is 7.62. The summed E-state index contributed by atoms with van der Waals surface area (Å²) in [4.78, 5) is 0. The topological polar surface area (TPSA) is 95.4 Å². The maximum atomic E-state index is 10.5. The fourth-order valence-corrected chi connectivity index (χ4v) is 1.13. The predicted octanol–water partition coefficient (Wildman–Crippen LogP) is -3.94. The minimum Gasteiger partial charge on any atom is -1.00 e. The van der Waals surface area contributed by atoms with E-state index in [1.165, 1.54) is 0 Å². The summed E-state index contributed by atoms with van der Waals surface area (Å²) in [6.07, 6.45) is 1.17. The Balaban J connectivity index is -0.000000405. The maximum Gasteiger partial charge on any atom is 1.00 e. The molecule has 0 aliphatic heterocycles. The van der Waals surface area contributed by atoms with Crippen molar-refractivity contribution in [1.82, 2.24) is 0 Å². The predicted molar refractivity (Wildman–Crippen MR) is 38.5 cm³/mol. The molecule has 0 aliphatic rings. The van der Waals surface area contributed by atoms with Crippen LogP contribution in [0.4, 0.5) is 0 Å². The van der Waals surface area contributed by atoms with Gasteiger partial charge in [-0.2, -0.15) is 18.6 Å². The van der Waals surface area contributed by atoms with Crippen LogP contribution in [0, 0.1) is 0 Å². The van der Waals surface area contributed by atoms with Gasteiger partial charge in [-0.1, -0.05) is 0 Å². The minimum atomic E-state index is -3.47. The van der Waals surface area contributed by atoms with Crippen molar-refractivity contribution in [1.29, 1.82) is 0 Å². The van der Waals surface area contributed by atoms with Crippen molar-refractivity contribution in [2.45, 2.75) is 12.8 Å². The van der Waals surface area contributed by atoms with E-state index in [2.05, 4.69) is 10.2 Å². The Morgan fingerprint density at radius 2 is 1.91 bits per heavy atom. The zero-order chi connectivity index (χ0) is 8.04. The summed E-state index contributed by atoms with van der Waals surface area (Å²) in [5.74, 6) is 4.41. The van der Waals surface area contributed by atoms with Gasteiger partial charge in [0.1, 0.15) is 0 Å². The summed E-state index contributed by atoms with van der Waals surface area (Å²) in [7, 11) is -3.47. The van der Waals surface area contributed by atoms with Crippen molar-refractivity contribution in [2.75, 3.05) is 12.3 Å². The molecule has 0 bridgehead atoms. The zero-order valence-corrected chi connectivity index (χ0v) is 9.43. The van der Waals surface area contributed by atoms with Crippen molar-refractivity contribution in [3.05, 3.63) is 0 Å². The van der Waals surface area contributed by atoms with E-state index in [9.17, 15) is 8.42 Å². The molecule has 0 atom stereocenters. The number of unbranched alkanes of at least 4 members (excludes halogenated alkanes) is 1. The first-order valence-electron chi connectivity index (χ1n) is 2.93. The summed E-state index contributed by atoms with van der Waals surface area (Å²) >= 11 is 0. The van der Waals surface area contributed by atoms with Gasteiger partial charge in [-0.3, -0.25) is 0 Å². The first-order valence-corrected chi connectivity index (χ1v) is 4.51. The Labute approximate surface area is 90.3 Å². The molecule has 64 valence electrons. The molecule has 0 unspecified atom stereocenters. The van der Waals surface area contributed by atoms with Crippen LogP contribution in [-0.2, 0) is 14.4 Å². The molecular formula is C4H13N2NaO3S. The molecule has 0 spiro atoms. The van der Waals surface area contributed by atoms with E-state index < -0.39 is 10.1 Å². The van der Waals surface area contributed by atoms with Crippen LogP contribution < -0.4 is 41.2 Å². The molecule has 11 heavy (non-hydrogen) atoms. The van der Waals surface area contributed by atoms with E-state index in [1.54, 1.807) is 0 Å². The van der Waals surface area contributed by atoms with Gasteiger partial charge in [0.25, 0.3) is 10.1 Å². The van der Waals surface area contributed by atoms with Gasteiger partial charge in [0, 0.05) is 0 Å². The standard InChI is InChI=1S/C4H12N2O3S.Na.H/c5-3-1-2-4-10(7,8)9-6;;/h1-6H2;;/q;+1;-1. The minimum absolute atomic E-state index is 0. The molecule has 4 N–H and O–H groups in total. The average Bonchev–Trinajstić information content (AvgIpc) is 1.89. The van der Waals surface area contributed by atoms with E-state index in [1.807, 2.05) is 0 Å². The van der Waals surface area contributed by atoms with Crippen LogP contribution >= 0.6 is 0 Å². The third kappa shape index (κ3) is 8.74. The van der Waals surface area contributed by atoms with Gasteiger partial charge in [0.2, 0.25) is 0 Å². The first kappa shape index (κ1) is 14.4. The normalized spacial score (nSPS) is 10.7.